The highest BCUT2D eigenvalue weighted by Gasteiger charge is 2.26. The molecule has 206 valence electrons. The van der Waals surface area contributed by atoms with E-state index in [9.17, 15) is 19.3 Å². The largest absolute Gasteiger partial charge is 0.524 e. The summed E-state index contributed by atoms with van der Waals surface area (Å²) in [6, 6.07) is 4.42. The minimum Gasteiger partial charge on any atom is -0.480 e. The van der Waals surface area contributed by atoms with Gasteiger partial charge in [0.15, 0.2) is 0 Å². The number of amides is 1. The third-order valence-corrected chi connectivity index (χ3v) is 6.78. The van der Waals surface area contributed by atoms with Crippen molar-refractivity contribution in [3.63, 3.8) is 0 Å². The highest BCUT2D eigenvalue weighted by molar-refractivity contribution is 7.46. The molecule has 0 bridgehead atoms. The molecule has 1 aliphatic carbocycles. The zero-order valence-electron chi connectivity index (χ0n) is 22.6. The molecule has 0 aromatic heterocycles. The lowest BCUT2D eigenvalue weighted by atomic mass is 9.72. The van der Waals surface area contributed by atoms with Crippen LogP contribution >= 0.6 is 7.82 Å². The van der Waals surface area contributed by atoms with Crippen molar-refractivity contribution in [2.75, 3.05) is 0 Å². The molecule has 1 aromatic carbocycles. The lowest BCUT2D eigenvalue weighted by Gasteiger charge is -2.32. The molecule has 0 radical (unpaired) electrons. The third-order valence-electron chi connectivity index (χ3n) is 6.33. The number of phosphoric acid groups is 1. The van der Waals surface area contributed by atoms with Gasteiger partial charge in [0.05, 0.1) is 0 Å². The summed E-state index contributed by atoms with van der Waals surface area (Å²) in [6.07, 6.45) is 14.8. The smallest absolute Gasteiger partial charge is 0.480 e. The van der Waals surface area contributed by atoms with Crippen LogP contribution in [0.4, 0.5) is 0 Å². The Hall–Kier alpha value is -3.19. The quantitative estimate of drug-likeness (QED) is 0.157. The maximum atomic E-state index is 12.4. The lowest BCUT2D eigenvalue weighted by molar-refractivity contribution is -0.141. The van der Waals surface area contributed by atoms with E-state index in [-0.39, 0.29) is 17.6 Å². The molecule has 1 amide bonds. The minimum absolute atomic E-state index is 0.0129. The van der Waals surface area contributed by atoms with Gasteiger partial charge >= 0.3 is 13.8 Å². The van der Waals surface area contributed by atoms with Crippen LogP contribution in [0.15, 0.2) is 83.0 Å². The van der Waals surface area contributed by atoms with Crippen LogP contribution in [0.2, 0.25) is 0 Å². The van der Waals surface area contributed by atoms with Gasteiger partial charge < -0.3 is 14.9 Å². The van der Waals surface area contributed by atoms with Gasteiger partial charge in [-0.25, -0.2) is 9.36 Å². The Morgan fingerprint density at radius 3 is 2.37 bits per heavy atom. The second kappa shape index (κ2) is 13.6. The second-order valence-corrected chi connectivity index (χ2v) is 11.4. The van der Waals surface area contributed by atoms with Crippen molar-refractivity contribution in [2.24, 2.45) is 5.41 Å². The predicted octanol–water partition coefficient (Wildman–Crippen LogP) is 5.80. The number of phosphoric ester groups is 1. The van der Waals surface area contributed by atoms with Crippen molar-refractivity contribution in [3.05, 3.63) is 88.6 Å². The molecule has 0 fully saturated rings. The third kappa shape index (κ3) is 10.7. The molecular formula is C29H38NO7P. The highest BCUT2D eigenvalue weighted by atomic mass is 31.2. The molecule has 0 saturated heterocycles. The number of carboxylic acid groups (broad SMARTS) is 1. The number of nitrogens with one attached hydrogen (secondary N) is 1. The number of carboxylic acids is 1. The Kier molecular flexibility index (Phi) is 11.1. The first-order valence-electron chi connectivity index (χ1n) is 12.5. The average Bonchev–Trinajstić information content (AvgIpc) is 2.78. The molecule has 8 nitrogen and oxygen atoms in total. The Morgan fingerprint density at radius 1 is 1.13 bits per heavy atom. The number of carbonyl (C=O) groups excluding carboxylic acids is 1. The molecule has 0 aliphatic heterocycles. The standard InChI is InChI=1S/C29H38NO7P/c1-20(11-16-25-22(3)10-7-17-29(25,4)5)8-6-9-21(2)18-27(31)30-26(28(32)33)19-23-12-14-24(15-13-23)37-38(34,35)36/h6,8-9,11-16,18,26H,7,10,17,19H2,1-5H3,(H,30,31)(H,32,33)(H2,34,35,36). The molecular weight excluding hydrogens is 505 g/mol. The Bertz CT molecular complexity index is 1210. The molecule has 1 atom stereocenters. The number of hydrogen-bond donors (Lipinski definition) is 4. The predicted molar refractivity (Wildman–Crippen MR) is 149 cm³/mol. The van der Waals surface area contributed by atoms with Crippen molar-refractivity contribution in [1.82, 2.24) is 5.32 Å². The summed E-state index contributed by atoms with van der Waals surface area (Å²) in [5.41, 5.74) is 5.29. The molecule has 1 aromatic rings. The SMILES string of the molecule is CC(C=CC1=C(C)CCCC1(C)C)=CC=CC(C)=CC(=O)NC(Cc1ccc(OP(=O)(O)O)cc1)C(=O)O. The van der Waals surface area contributed by atoms with Crippen LogP contribution in [0.1, 0.15) is 59.4 Å². The summed E-state index contributed by atoms with van der Waals surface area (Å²) < 4.78 is 15.4. The fourth-order valence-corrected chi connectivity index (χ4v) is 4.76. The number of hydrogen-bond acceptors (Lipinski definition) is 4. The zero-order valence-corrected chi connectivity index (χ0v) is 23.5. The highest BCUT2D eigenvalue weighted by Crippen LogP contribution is 2.41. The molecule has 1 aliphatic rings. The van der Waals surface area contributed by atoms with Crippen molar-refractivity contribution >= 4 is 19.7 Å². The number of benzene rings is 1. The van der Waals surface area contributed by atoms with Crippen LogP contribution in [0.25, 0.3) is 0 Å². The van der Waals surface area contributed by atoms with Gasteiger partial charge in [-0.05, 0) is 74.3 Å². The van der Waals surface area contributed by atoms with Crippen molar-refractivity contribution in [1.29, 1.82) is 0 Å². The monoisotopic (exact) mass is 543 g/mol. The van der Waals surface area contributed by atoms with Crippen LogP contribution in [0.3, 0.4) is 0 Å². The normalized spacial score (nSPS) is 17.7. The maximum absolute atomic E-state index is 12.4. The summed E-state index contributed by atoms with van der Waals surface area (Å²) in [5, 5.41) is 12.0. The van der Waals surface area contributed by atoms with E-state index < -0.39 is 25.7 Å². The van der Waals surface area contributed by atoms with E-state index in [4.69, 9.17) is 9.79 Å². The summed E-state index contributed by atoms with van der Waals surface area (Å²) in [4.78, 5) is 41.8. The number of carbonyl (C=O) groups is 2. The van der Waals surface area contributed by atoms with Crippen molar-refractivity contribution < 1.29 is 33.6 Å². The number of allylic oxidation sites excluding steroid dienone is 9. The fraction of sp³-hybridized carbons (Fsp3) is 0.379. The fourth-order valence-electron chi connectivity index (χ4n) is 4.36. The van der Waals surface area contributed by atoms with Crippen molar-refractivity contribution in [3.8, 4) is 5.75 Å². The second-order valence-electron chi connectivity index (χ2n) is 10.3. The molecule has 0 heterocycles. The minimum atomic E-state index is -4.68. The lowest BCUT2D eigenvalue weighted by Crippen LogP contribution is -2.41. The van der Waals surface area contributed by atoms with Gasteiger partial charge in [0, 0.05) is 12.5 Å². The van der Waals surface area contributed by atoms with Gasteiger partial charge in [0.25, 0.3) is 0 Å². The van der Waals surface area contributed by atoms with Gasteiger partial charge in [-0.2, -0.15) is 0 Å². The van der Waals surface area contributed by atoms with Crippen LogP contribution < -0.4 is 9.84 Å². The molecule has 1 unspecified atom stereocenters. The summed E-state index contributed by atoms with van der Waals surface area (Å²) >= 11 is 0. The topological polar surface area (TPSA) is 133 Å². The number of rotatable bonds is 11. The summed E-state index contributed by atoms with van der Waals surface area (Å²) in [7, 11) is -4.68. The van der Waals surface area contributed by atoms with Crippen LogP contribution in [-0.4, -0.2) is 32.8 Å². The van der Waals surface area contributed by atoms with E-state index in [2.05, 4.69) is 42.8 Å². The summed E-state index contributed by atoms with van der Waals surface area (Å²) in [5.74, 6) is -1.79. The van der Waals surface area contributed by atoms with E-state index in [1.807, 2.05) is 19.1 Å². The van der Waals surface area contributed by atoms with Gasteiger partial charge in [-0.15, -0.1) is 0 Å². The van der Waals surface area contributed by atoms with Crippen LogP contribution in [0, 0.1) is 5.41 Å². The van der Waals surface area contributed by atoms with E-state index in [0.29, 0.717) is 11.1 Å². The van der Waals surface area contributed by atoms with Crippen LogP contribution in [0.5, 0.6) is 5.75 Å². The van der Waals surface area contributed by atoms with Gasteiger partial charge in [-0.1, -0.05) is 67.5 Å². The first-order valence-corrected chi connectivity index (χ1v) is 14.0. The maximum Gasteiger partial charge on any atom is 0.524 e. The number of aliphatic carboxylic acids is 1. The molecule has 0 saturated carbocycles. The van der Waals surface area contributed by atoms with Gasteiger partial charge in [0.2, 0.25) is 5.91 Å². The molecule has 38 heavy (non-hydrogen) atoms. The Labute approximate surface area is 224 Å². The Morgan fingerprint density at radius 2 is 1.79 bits per heavy atom. The zero-order chi connectivity index (χ0) is 28.5. The Balaban J connectivity index is 1.97. The summed E-state index contributed by atoms with van der Waals surface area (Å²) in [6.45, 7) is 10.5. The first-order chi connectivity index (χ1) is 17.7. The first kappa shape index (κ1) is 31.0. The van der Waals surface area contributed by atoms with E-state index in [0.717, 1.165) is 12.0 Å². The molecule has 2 rings (SSSR count). The molecule has 9 heteroatoms. The van der Waals surface area contributed by atoms with Crippen LogP contribution in [-0.2, 0) is 20.6 Å². The average molecular weight is 544 g/mol. The van der Waals surface area contributed by atoms with Crippen molar-refractivity contribution in [2.45, 2.75) is 66.3 Å². The molecule has 4 N–H and O–H groups in total. The van der Waals surface area contributed by atoms with E-state index in [1.54, 1.807) is 13.0 Å². The van der Waals surface area contributed by atoms with Gasteiger partial charge in [-0.3, -0.25) is 14.6 Å². The van der Waals surface area contributed by atoms with E-state index >= 15 is 0 Å². The molecule has 0 spiro atoms. The van der Waals surface area contributed by atoms with Gasteiger partial charge in [0.1, 0.15) is 11.8 Å². The van der Waals surface area contributed by atoms with E-state index in [1.165, 1.54) is 54.3 Å².